The Labute approximate surface area is 130 Å². The fraction of sp³-hybridized carbons (Fsp3) is 0.412. The number of likely N-dealkylation sites (tertiary alicyclic amines) is 1. The van der Waals surface area contributed by atoms with Gasteiger partial charge < -0.3 is 15.4 Å². The monoisotopic (exact) mass is 302 g/mol. The van der Waals surface area contributed by atoms with Gasteiger partial charge in [-0.3, -0.25) is 4.79 Å². The lowest BCUT2D eigenvalue weighted by Crippen LogP contribution is -2.42. The number of amides is 2. The molecule has 1 saturated heterocycles. The number of allylic oxidation sites excluding steroid dienone is 1. The molecule has 2 amide bonds. The smallest absolute Gasteiger partial charge is 0.315 e. The van der Waals surface area contributed by atoms with Crippen molar-refractivity contribution in [1.29, 1.82) is 0 Å². The fourth-order valence-corrected chi connectivity index (χ4v) is 2.76. The highest BCUT2D eigenvalue weighted by atomic mass is 16.5. The van der Waals surface area contributed by atoms with Gasteiger partial charge in [0.2, 0.25) is 0 Å². The molecule has 1 heterocycles. The number of carbonyl (C=O) groups is 2. The standard InChI is InChI=1S/C17H22N2O3/c1-2-13(14-7-4-3-5-8-14)11-16(20)22-12-15-9-6-10-19(15)17(18)21/h2-5,7-8,13,15H,1,6,9-12H2,(H2,18,21)/t13-,15-/m1/s1. The normalized spacial score (nSPS) is 18.7. The van der Waals surface area contributed by atoms with Gasteiger partial charge in [-0.15, -0.1) is 6.58 Å². The number of carbonyl (C=O) groups excluding carboxylic acids is 2. The highest BCUT2D eigenvalue weighted by Gasteiger charge is 2.28. The second-order valence-corrected chi connectivity index (χ2v) is 5.47. The average molecular weight is 302 g/mol. The number of nitrogens with zero attached hydrogens (tertiary/aromatic N) is 1. The summed E-state index contributed by atoms with van der Waals surface area (Å²) in [7, 11) is 0. The van der Waals surface area contributed by atoms with Gasteiger partial charge in [0.15, 0.2) is 0 Å². The zero-order valence-corrected chi connectivity index (χ0v) is 12.6. The van der Waals surface area contributed by atoms with Crippen molar-refractivity contribution in [3.05, 3.63) is 48.6 Å². The summed E-state index contributed by atoms with van der Waals surface area (Å²) in [5.41, 5.74) is 6.34. The van der Waals surface area contributed by atoms with Crippen LogP contribution in [0.5, 0.6) is 0 Å². The highest BCUT2D eigenvalue weighted by molar-refractivity contribution is 5.73. The summed E-state index contributed by atoms with van der Waals surface area (Å²) in [5, 5.41) is 0. The molecular weight excluding hydrogens is 280 g/mol. The number of hydrogen-bond acceptors (Lipinski definition) is 3. The summed E-state index contributed by atoms with van der Waals surface area (Å²) in [5.74, 6) is -0.352. The van der Waals surface area contributed by atoms with Crippen molar-refractivity contribution in [1.82, 2.24) is 4.90 Å². The molecule has 5 heteroatoms. The van der Waals surface area contributed by atoms with Gasteiger partial charge in [0.1, 0.15) is 6.61 Å². The van der Waals surface area contributed by atoms with Gasteiger partial charge in [-0.1, -0.05) is 36.4 Å². The quantitative estimate of drug-likeness (QED) is 0.648. The van der Waals surface area contributed by atoms with Crippen LogP contribution in [0.1, 0.15) is 30.7 Å². The second-order valence-electron chi connectivity index (χ2n) is 5.47. The lowest BCUT2D eigenvalue weighted by molar-refractivity contribution is -0.145. The van der Waals surface area contributed by atoms with Crippen LogP contribution in [-0.4, -0.2) is 36.1 Å². The molecule has 0 radical (unpaired) electrons. The van der Waals surface area contributed by atoms with E-state index in [4.69, 9.17) is 10.5 Å². The fourth-order valence-electron chi connectivity index (χ4n) is 2.76. The van der Waals surface area contributed by atoms with E-state index in [1.54, 1.807) is 11.0 Å². The molecule has 1 aromatic carbocycles. The van der Waals surface area contributed by atoms with Crippen molar-refractivity contribution < 1.29 is 14.3 Å². The summed E-state index contributed by atoms with van der Waals surface area (Å²) in [6.45, 7) is 4.63. The van der Waals surface area contributed by atoms with Gasteiger partial charge in [-0.25, -0.2) is 4.79 Å². The Balaban J connectivity index is 1.85. The first-order valence-corrected chi connectivity index (χ1v) is 7.51. The molecule has 0 spiro atoms. The van der Waals surface area contributed by atoms with Gasteiger partial charge in [0.05, 0.1) is 12.5 Å². The third-order valence-electron chi connectivity index (χ3n) is 4.00. The second kappa shape index (κ2) is 7.64. The summed E-state index contributed by atoms with van der Waals surface area (Å²) >= 11 is 0. The lowest BCUT2D eigenvalue weighted by atomic mass is 9.96. The van der Waals surface area contributed by atoms with E-state index >= 15 is 0 Å². The first-order valence-electron chi connectivity index (χ1n) is 7.51. The minimum absolute atomic E-state index is 0.0653. The zero-order valence-electron chi connectivity index (χ0n) is 12.6. The first-order chi connectivity index (χ1) is 10.6. The van der Waals surface area contributed by atoms with Crippen LogP contribution in [0.3, 0.4) is 0 Å². The van der Waals surface area contributed by atoms with Crippen LogP contribution in [-0.2, 0) is 9.53 Å². The number of rotatable bonds is 6. The van der Waals surface area contributed by atoms with E-state index in [-0.39, 0.29) is 31.0 Å². The van der Waals surface area contributed by atoms with Crippen molar-refractivity contribution in [3.8, 4) is 0 Å². The molecule has 1 fully saturated rings. The Morgan fingerprint density at radius 2 is 2.14 bits per heavy atom. The number of nitrogens with two attached hydrogens (primary N) is 1. The largest absolute Gasteiger partial charge is 0.463 e. The van der Waals surface area contributed by atoms with E-state index < -0.39 is 6.03 Å². The van der Waals surface area contributed by atoms with Crippen LogP contribution in [0.4, 0.5) is 4.79 Å². The molecule has 0 aliphatic carbocycles. The molecule has 0 bridgehead atoms. The number of esters is 1. The van der Waals surface area contributed by atoms with E-state index in [2.05, 4.69) is 6.58 Å². The number of hydrogen-bond donors (Lipinski definition) is 1. The third-order valence-corrected chi connectivity index (χ3v) is 4.00. The molecule has 5 nitrogen and oxygen atoms in total. The van der Waals surface area contributed by atoms with Crippen molar-refractivity contribution in [2.45, 2.75) is 31.2 Å². The Hall–Kier alpha value is -2.30. The molecule has 0 aromatic heterocycles. The van der Waals surface area contributed by atoms with Crippen molar-refractivity contribution in [2.24, 2.45) is 5.73 Å². The highest BCUT2D eigenvalue weighted by Crippen LogP contribution is 2.22. The van der Waals surface area contributed by atoms with Crippen molar-refractivity contribution in [2.75, 3.05) is 13.2 Å². The maximum Gasteiger partial charge on any atom is 0.315 e. The number of benzene rings is 1. The van der Waals surface area contributed by atoms with Crippen LogP contribution >= 0.6 is 0 Å². The van der Waals surface area contributed by atoms with Gasteiger partial charge in [-0.05, 0) is 18.4 Å². The predicted molar refractivity (Wildman–Crippen MR) is 84.3 cm³/mol. The summed E-state index contributed by atoms with van der Waals surface area (Å²) in [6, 6.07) is 9.17. The molecule has 0 unspecified atom stereocenters. The van der Waals surface area contributed by atoms with Gasteiger partial charge in [0, 0.05) is 12.5 Å². The minimum atomic E-state index is -0.452. The molecule has 2 atom stereocenters. The summed E-state index contributed by atoms with van der Waals surface area (Å²) in [6.07, 6.45) is 3.71. The van der Waals surface area contributed by atoms with Gasteiger partial charge >= 0.3 is 12.0 Å². The summed E-state index contributed by atoms with van der Waals surface area (Å²) in [4.78, 5) is 24.8. The van der Waals surface area contributed by atoms with Crippen molar-refractivity contribution in [3.63, 3.8) is 0 Å². The first kappa shape index (κ1) is 16.1. The molecule has 1 aliphatic heterocycles. The topological polar surface area (TPSA) is 72.6 Å². The number of primary amides is 1. The van der Waals surface area contributed by atoms with Crippen LogP contribution < -0.4 is 5.73 Å². The lowest BCUT2D eigenvalue weighted by Gasteiger charge is -2.22. The average Bonchev–Trinajstić information content (AvgIpc) is 3.00. The van der Waals surface area contributed by atoms with E-state index in [0.29, 0.717) is 6.54 Å². The molecule has 118 valence electrons. The maximum atomic E-state index is 12.0. The van der Waals surface area contributed by atoms with Crippen LogP contribution in [0.15, 0.2) is 43.0 Å². The molecule has 2 rings (SSSR count). The summed E-state index contributed by atoms with van der Waals surface area (Å²) < 4.78 is 5.32. The van der Waals surface area contributed by atoms with Crippen LogP contribution in [0.2, 0.25) is 0 Å². The van der Waals surface area contributed by atoms with E-state index in [0.717, 1.165) is 18.4 Å². The number of urea groups is 1. The SMILES string of the molecule is C=C[C@H](CC(=O)OC[C@H]1CCCN1C(N)=O)c1ccccc1. The van der Waals surface area contributed by atoms with Crippen molar-refractivity contribution >= 4 is 12.0 Å². The Kier molecular flexibility index (Phi) is 5.58. The zero-order chi connectivity index (χ0) is 15.9. The van der Waals surface area contributed by atoms with Gasteiger partial charge in [0.25, 0.3) is 0 Å². The van der Waals surface area contributed by atoms with E-state index in [1.165, 1.54) is 0 Å². The molecule has 1 aliphatic rings. The van der Waals surface area contributed by atoms with Gasteiger partial charge in [-0.2, -0.15) is 0 Å². The van der Waals surface area contributed by atoms with E-state index in [9.17, 15) is 9.59 Å². The predicted octanol–water partition coefficient (Wildman–Crippen LogP) is 2.43. The minimum Gasteiger partial charge on any atom is -0.463 e. The molecule has 1 aromatic rings. The molecule has 22 heavy (non-hydrogen) atoms. The molecular formula is C17H22N2O3. The Morgan fingerprint density at radius 3 is 2.77 bits per heavy atom. The Bertz CT molecular complexity index is 530. The van der Waals surface area contributed by atoms with E-state index in [1.807, 2.05) is 30.3 Å². The maximum absolute atomic E-state index is 12.0. The van der Waals surface area contributed by atoms with Crippen LogP contribution in [0.25, 0.3) is 0 Å². The third kappa shape index (κ3) is 4.10. The molecule has 0 saturated carbocycles. The number of ether oxygens (including phenoxy) is 1. The Morgan fingerprint density at radius 1 is 1.41 bits per heavy atom. The molecule has 2 N–H and O–H groups in total. The van der Waals surface area contributed by atoms with Crippen LogP contribution in [0, 0.1) is 0 Å².